The highest BCUT2D eigenvalue weighted by Crippen LogP contribution is 2.35. The van der Waals surface area contributed by atoms with Crippen LogP contribution in [0.5, 0.6) is 11.5 Å². The van der Waals surface area contributed by atoms with Crippen LogP contribution in [0.2, 0.25) is 0 Å². The van der Waals surface area contributed by atoms with E-state index in [4.69, 9.17) is 17.0 Å². The van der Waals surface area contributed by atoms with Gasteiger partial charge in [-0.05, 0) is 36.8 Å². The largest absolute Gasteiger partial charge is 0.493 e. The lowest BCUT2D eigenvalue weighted by atomic mass is 9.89. The molecule has 0 saturated carbocycles. The minimum Gasteiger partial charge on any atom is -0.493 e. The topological polar surface area (TPSA) is 59.6 Å². The van der Waals surface area contributed by atoms with Crippen LogP contribution in [-0.2, 0) is 0 Å². The highest BCUT2D eigenvalue weighted by Gasteiger charge is 2.31. The SMILES string of the molecule is COc1cc([C@H]2NC(=S)NC(C)=C2C(=O)c2ccccc2)ccc1OC(F)F. The van der Waals surface area contributed by atoms with Crippen molar-refractivity contribution in [3.8, 4) is 11.5 Å². The molecule has 0 aromatic heterocycles. The van der Waals surface area contributed by atoms with Crippen molar-refractivity contribution in [3.63, 3.8) is 0 Å². The predicted octanol–water partition coefficient (Wildman–Crippen LogP) is 3.97. The van der Waals surface area contributed by atoms with Gasteiger partial charge in [0.2, 0.25) is 0 Å². The minimum absolute atomic E-state index is 0.0885. The lowest BCUT2D eigenvalue weighted by Gasteiger charge is -2.30. The maximum atomic E-state index is 13.1. The Morgan fingerprint density at radius 3 is 2.50 bits per heavy atom. The number of rotatable bonds is 6. The number of benzene rings is 2. The Labute approximate surface area is 166 Å². The average molecular weight is 404 g/mol. The van der Waals surface area contributed by atoms with E-state index < -0.39 is 12.7 Å². The van der Waals surface area contributed by atoms with E-state index >= 15 is 0 Å². The first-order valence-electron chi connectivity index (χ1n) is 8.41. The number of halogens is 2. The number of ketones is 1. The molecule has 0 aliphatic carbocycles. The fourth-order valence-electron chi connectivity index (χ4n) is 3.05. The van der Waals surface area contributed by atoms with Gasteiger partial charge in [0.05, 0.1) is 13.2 Å². The van der Waals surface area contributed by atoms with Crippen LogP contribution in [-0.4, -0.2) is 24.6 Å². The molecule has 0 unspecified atom stereocenters. The van der Waals surface area contributed by atoms with E-state index in [2.05, 4.69) is 15.4 Å². The molecule has 3 rings (SSSR count). The van der Waals surface area contributed by atoms with E-state index in [1.807, 2.05) is 6.07 Å². The van der Waals surface area contributed by atoms with Crippen LogP contribution in [0.3, 0.4) is 0 Å². The predicted molar refractivity (Wildman–Crippen MR) is 105 cm³/mol. The zero-order chi connectivity index (χ0) is 20.3. The van der Waals surface area contributed by atoms with Crippen LogP contribution in [0.4, 0.5) is 8.78 Å². The molecule has 1 aliphatic rings. The Hall–Kier alpha value is -3.00. The van der Waals surface area contributed by atoms with Crippen molar-refractivity contribution in [1.82, 2.24) is 10.6 Å². The number of carbonyl (C=O) groups excluding carboxylic acids is 1. The second-order valence-corrected chi connectivity index (χ2v) is 6.46. The van der Waals surface area contributed by atoms with Gasteiger partial charge < -0.3 is 20.1 Å². The van der Waals surface area contributed by atoms with Gasteiger partial charge in [0, 0.05) is 16.8 Å². The van der Waals surface area contributed by atoms with Gasteiger partial charge in [0.15, 0.2) is 22.4 Å². The third-order valence-electron chi connectivity index (χ3n) is 4.29. The maximum absolute atomic E-state index is 13.1. The molecule has 5 nitrogen and oxygen atoms in total. The van der Waals surface area contributed by atoms with E-state index in [0.717, 1.165) is 0 Å². The van der Waals surface area contributed by atoms with Gasteiger partial charge in [0.1, 0.15) is 0 Å². The number of carbonyl (C=O) groups is 1. The molecule has 0 radical (unpaired) electrons. The quantitative estimate of drug-likeness (QED) is 0.561. The Morgan fingerprint density at radius 1 is 1.14 bits per heavy atom. The van der Waals surface area contributed by atoms with Crippen LogP contribution in [0.1, 0.15) is 28.9 Å². The third-order valence-corrected chi connectivity index (χ3v) is 4.51. The van der Waals surface area contributed by atoms with Crippen LogP contribution in [0.25, 0.3) is 0 Å². The van der Waals surface area contributed by atoms with Gasteiger partial charge >= 0.3 is 6.61 Å². The summed E-state index contributed by atoms with van der Waals surface area (Å²) in [5.41, 5.74) is 2.25. The Kier molecular flexibility index (Phi) is 5.89. The summed E-state index contributed by atoms with van der Waals surface area (Å²) in [5.74, 6) is -0.125. The molecule has 1 atom stereocenters. The number of nitrogens with one attached hydrogen (secondary N) is 2. The van der Waals surface area contributed by atoms with Crippen molar-refractivity contribution in [3.05, 3.63) is 70.9 Å². The van der Waals surface area contributed by atoms with Crippen LogP contribution in [0, 0.1) is 0 Å². The summed E-state index contributed by atoms with van der Waals surface area (Å²) in [6.45, 7) is -1.20. The van der Waals surface area contributed by atoms with Crippen LogP contribution in [0.15, 0.2) is 59.8 Å². The van der Waals surface area contributed by atoms with E-state index in [0.29, 0.717) is 27.5 Å². The summed E-state index contributed by atoms with van der Waals surface area (Å²) in [6.07, 6.45) is 0. The number of hydrogen-bond donors (Lipinski definition) is 2. The fourth-order valence-corrected chi connectivity index (χ4v) is 3.32. The molecule has 0 saturated heterocycles. The zero-order valence-corrected chi connectivity index (χ0v) is 16.0. The number of methoxy groups -OCH3 is 1. The Balaban J connectivity index is 2.04. The Morgan fingerprint density at radius 2 is 1.86 bits per heavy atom. The first-order chi connectivity index (χ1) is 13.4. The summed E-state index contributed by atoms with van der Waals surface area (Å²) in [5, 5.41) is 6.40. The van der Waals surface area contributed by atoms with Gasteiger partial charge in [-0.1, -0.05) is 36.4 Å². The molecule has 0 fully saturated rings. The third kappa shape index (κ3) is 4.12. The number of alkyl halides is 2. The lowest BCUT2D eigenvalue weighted by Crippen LogP contribution is -2.44. The van der Waals surface area contributed by atoms with Crippen molar-refractivity contribution >= 4 is 23.1 Å². The summed E-state index contributed by atoms with van der Waals surface area (Å²) < 4.78 is 34.8. The molecule has 2 N–H and O–H groups in total. The van der Waals surface area contributed by atoms with Gasteiger partial charge in [-0.15, -0.1) is 0 Å². The molecule has 2 aromatic rings. The molecule has 0 bridgehead atoms. The van der Waals surface area contributed by atoms with E-state index in [-0.39, 0.29) is 17.3 Å². The van der Waals surface area contributed by atoms with Crippen LogP contribution >= 0.6 is 12.2 Å². The summed E-state index contributed by atoms with van der Waals surface area (Å²) in [4.78, 5) is 13.1. The monoisotopic (exact) mass is 404 g/mol. The normalized spacial score (nSPS) is 16.5. The molecule has 0 amide bonds. The second-order valence-electron chi connectivity index (χ2n) is 6.05. The summed E-state index contributed by atoms with van der Waals surface area (Å²) in [7, 11) is 1.36. The van der Waals surface area contributed by atoms with Crippen molar-refractivity contribution in [2.75, 3.05) is 7.11 Å². The number of hydrogen-bond acceptors (Lipinski definition) is 4. The highest BCUT2D eigenvalue weighted by atomic mass is 32.1. The number of ether oxygens (including phenoxy) is 2. The van der Waals surface area contributed by atoms with Gasteiger partial charge in [-0.25, -0.2) is 0 Å². The molecule has 8 heteroatoms. The highest BCUT2D eigenvalue weighted by molar-refractivity contribution is 7.80. The summed E-state index contributed by atoms with van der Waals surface area (Å²) >= 11 is 5.24. The van der Waals surface area contributed by atoms with Crippen molar-refractivity contribution in [2.45, 2.75) is 19.6 Å². The van der Waals surface area contributed by atoms with E-state index in [1.165, 1.54) is 13.2 Å². The molecule has 1 heterocycles. The van der Waals surface area contributed by atoms with Gasteiger partial charge in [-0.2, -0.15) is 8.78 Å². The zero-order valence-electron chi connectivity index (χ0n) is 15.2. The Bertz CT molecular complexity index is 932. The smallest absolute Gasteiger partial charge is 0.387 e. The maximum Gasteiger partial charge on any atom is 0.387 e. The van der Waals surface area contributed by atoms with Gasteiger partial charge in [0.25, 0.3) is 0 Å². The standard InChI is InChI=1S/C20H18F2N2O3S/c1-11-16(18(25)12-6-4-3-5-7-12)17(24-20(28)23-11)13-8-9-14(27-19(21)22)15(10-13)26-2/h3-10,17,19H,1-2H3,(H2,23,24,28)/t17-/m1/s1. The molecule has 2 aromatic carbocycles. The molecule has 0 spiro atoms. The minimum atomic E-state index is -2.97. The molecule has 28 heavy (non-hydrogen) atoms. The summed E-state index contributed by atoms with van der Waals surface area (Å²) in [6, 6.07) is 12.8. The molecule has 146 valence electrons. The number of thiocarbonyl (C=S) groups is 1. The first-order valence-corrected chi connectivity index (χ1v) is 8.82. The molecular formula is C20H18F2N2O3S. The molecule has 1 aliphatic heterocycles. The number of Topliss-reactive ketones (excluding diaryl/α,β-unsaturated/α-hetero) is 1. The molecular weight excluding hydrogens is 386 g/mol. The second kappa shape index (κ2) is 8.35. The lowest BCUT2D eigenvalue weighted by molar-refractivity contribution is -0.0512. The van der Waals surface area contributed by atoms with E-state index in [1.54, 1.807) is 43.3 Å². The van der Waals surface area contributed by atoms with Crippen molar-refractivity contribution < 1.29 is 23.0 Å². The average Bonchev–Trinajstić information content (AvgIpc) is 2.67. The van der Waals surface area contributed by atoms with E-state index in [9.17, 15) is 13.6 Å². The van der Waals surface area contributed by atoms with Gasteiger partial charge in [-0.3, -0.25) is 4.79 Å². The van der Waals surface area contributed by atoms with Crippen LogP contribution < -0.4 is 20.1 Å². The fraction of sp³-hybridized carbons (Fsp3) is 0.200. The van der Waals surface area contributed by atoms with Crippen molar-refractivity contribution in [2.24, 2.45) is 0 Å². The number of allylic oxidation sites excluding steroid dienone is 1. The van der Waals surface area contributed by atoms with Crippen molar-refractivity contribution in [1.29, 1.82) is 0 Å². The first kappa shape index (κ1) is 19.8.